The molecule has 0 spiro atoms. The van der Waals surface area contributed by atoms with Crippen LogP contribution >= 0.6 is 0 Å². The molecule has 0 bridgehead atoms. The summed E-state index contributed by atoms with van der Waals surface area (Å²) >= 11 is 0. The third-order valence-electron chi connectivity index (χ3n) is 5.22. The van der Waals surface area contributed by atoms with E-state index in [0.29, 0.717) is 5.92 Å². The van der Waals surface area contributed by atoms with Crippen molar-refractivity contribution in [3.63, 3.8) is 0 Å². The molecule has 0 atom stereocenters. The molecule has 3 nitrogen and oxygen atoms in total. The van der Waals surface area contributed by atoms with Gasteiger partial charge in [0.05, 0.1) is 0 Å². The highest BCUT2D eigenvalue weighted by Gasteiger charge is 2.56. The molecule has 1 N–H and O–H groups in total. The lowest BCUT2D eigenvalue weighted by Crippen LogP contribution is -2.56. The standard InChI is InChI=1S/C16H26F3NO2/c1-12(2)11-14(5-3-4-6-14)13(21)20-9-7-15(22,8-10-20)16(17,18)19/h12,22H,3-11H2,1-2H3. The van der Waals surface area contributed by atoms with Gasteiger partial charge in [-0.15, -0.1) is 0 Å². The van der Waals surface area contributed by atoms with Gasteiger partial charge in [0.2, 0.25) is 5.91 Å². The Bertz CT molecular complexity index is 406. The van der Waals surface area contributed by atoms with Crippen molar-refractivity contribution in [3.05, 3.63) is 0 Å². The van der Waals surface area contributed by atoms with Crippen LogP contribution in [0.3, 0.4) is 0 Å². The average molecular weight is 321 g/mol. The number of carbonyl (C=O) groups is 1. The summed E-state index contributed by atoms with van der Waals surface area (Å²) in [5, 5.41) is 9.72. The van der Waals surface area contributed by atoms with Crippen molar-refractivity contribution in [3.8, 4) is 0 Å². The van der Waals surface area contributed by atoms with Crippen LogP contribution in [0.4, 0.5) is 13.2 Å². The Morgan fingerprint density at radius 3 is 2.05 bits per heavy atom. The SMILES string of the molecule is CC(C)CC1(C(=O)N2CCC(O)(C(F)(F)F)CC2)CCCC1. The highest BCUT2D eigenvalue weighted by molar-refractivity contribution is 5.83. The summed E-state index contributed by atoms with van der Waals surface area (Å²) in [7, 11) is 0. The minimum absolute atomic E-state index is 0.00271. The predicted molar refractivity (Wildman–Crippen MR) is 77.2 cm³/mol. The second-order valence-corrected chi connectivity index (χ2v) is 7.41. The van der Waals surface area contributed by atoms with Gasteiger partial charge in [-0.1, -0.05) is 26.7 Å². The zero-order valence-corrected chi connectivity index (χ0v) is 13.4. The van der Waals surface area contributed by atoms with Crippen LogP contribution in [0.2, 0.25) is 0 Å². The number of piperidine rings is 1. The van der Waals surface area contributed by atoms with Crippen LogP contribution in [-0.4, -0.2) is 40.8 Å². The van der Waals surface area contributed by atoms with E-state index in [-0.39, 0.29) is 24.4 Å². The van der Waals surface area contributed by atoms with Crippen LogP contribution in [0.15, 0.2) is 0 Å². The molecular formula is C16H26F3NO2. The molecule has 1 aliphatic heterocycles. The zero-order chi connectivity index (χ0) is 16.6. The van der Waals surface area contributed by atoms with E-state index in [1.807, 2.05) is 0 Å². The Hall–Kier alpha value is -0.780. The molecule has 2 rings (SSSR count). The number of alkyl halides is 3. The number of hydrogen-bond acceptors (Lipinski definition) is 2. The quantitative estimate of drug-likeness (QED) is 0.864. The van der Waals surface area contributed by atoms with E-state index in [9.17, 15) is 23.1 Å². The van der Waals surface area contributed by atoms with Crippen molar-refractivity contribution in [1.29, 1.82) is 0 Å². The van der Waals surface area contributed by atoms with Crippen molar-refractivity contribution in [2.75, 3.05) is 13.1 Å². The van der Waals surface area contributed by atoms with E-state index >= 15 is 0 Å². The normalized spacial score (nSPS) is 24.8. The molecule has 2 fully saturated rings. The molecular weight excluding hydrogens is 295 g/mol. The summed E-state index contributed by atoms with van der Waals surface area (Å²) < 4.78 is 38.5. The number of halogens is 3. The maximum absolute atomic E-state index is 12.9. The molecule has 0 unspecified atom stereocenters. The second kappa shape index (κ2) is 6.02. The van der Waals surface area contributed by atoms with Crippen LogP contribution in [0.1, 0.15) is 58.8 Å². The summed E-state index contributed by atoms with van der Waals surface area (Å²) in [4.78, 5) is 14.4. The molecule has 6 heteroatoms. The molecule has 1 saturated carbocycles. The van der Waals surface area contributed by atoms with E-state index < -0.39 is 24.6 Å². The molecule has 2 aliphatic rings. The van der Waals surface area contributed by atoms with Crippen LogP contribution in [0.5, 0.6) is 0 Å². The van der Waals surface area contributed by atoms with E-state index in [1.165, 1.54) is 0 Å². The van der Waals surface area contributed by atoms with Crippen molar-refractivity contribution < 1.29 is 23.1 Å². The number of amides is 1. The highest BCUT2D eigenvalue weighted by Crippen LogP contribution is 2.46. The van der Waals surface area contributed by atoms with Crippen LogP contribution in [-0.2, 0) is 4.79 Å². The molecule has 0 aromatic heterocycles. The third-order valence-corrected chi connectivity index (χ3v) is 5.22. The van der Waals surface area contributed by atoms with Crippen molar-refractivity contribution in [2.45, 2.75) is 70.6 Å². The summed E-state index contributed by atoms with van der Waals surface area (Å²) in [5.74, 6) is 0.391. The van der Waals surface area contributed by atoms with E-state index in [4.69, 9.17) is 0 Å². The van der Waals surface area contributed by atoms with Crippen LogP contribution in [0.25, 0.3) is 0 Å². The number of carbonyl (C=O) groups excluding carboxylic acids is 1. The Morgan fingerprint density at radius 1 is 1.14 bits per heavy atom. The van der Waals surface area contributed by atoms with Gasteiger partial charge in [-0.2, -0.15) is 13.2 Å². The van der Waals surface area contributed by atoms with Crippen molar-refractivity contribution in [2.24, 2.45) is 11.3 Å². The molecule has 0 aromatic rings. The Kier molecular flexibility index (Phi) is 4.81. The zero-order valence-electron chi connectivity index (χ0n) is 13.4. The van der Waals surface area contributed by atoms with Gasteiger partial charge in [0, 0.05) is 31.3 Å². The second-order valence-electron chi connectivity index (χ2n) is 7.41. The smallest absolute Gasteiger partial charge is 0.380 e. The lowest BCUT2D eigenvalue weighted by Gasteiger charge is -2.42. The van der Waals surface area contributed by atoms with Gasteiger partial charge >= 0.3 is 6.18 Å². The van der Waals surface area contributed by atoms with Gasteiger partial charge in [-0.3, -0.25) is 4.79 Å². The van der Waals surface area contributed by atoms with Gasteiger partial charge in [-0.05, 0) is 25.2 Å². The van der Waals surface area contributed by atoms with Crippen molar-refractivity contribution >= 4 is 5.91 Å². The Labute approximate surface area is 129 Å². The fourth-order valence-electron chi connectivity index (χ4n) is 4.04. The first-order valence-electron chi connectivity index (χ1n) is 8.18. The predicted octanol–water partition coefficient (Wildman–Crippen LogP) is 3.51. The average Bonchev–Trinajstić information content (AvgIpc) is 2.86. The Balaban J connectivity index is 2.05. The highest BCUT2D eigenvalue weighted by atomic mass is 19.4. The summed E-state index contributed by atoms with van der Waals surface area (Å²) in [6.45, 7) is 4.14. The lowest BCUT2D eigenvalue weighted by molar-refractivity contribution is -0.272. The first-order valence-corrected chi connectivity index (χ1v) is 8.18. The molecule has 1 heterocycles. The van der Waals surface area contributed by atoms with Gasteiger partial charge in [0.25, 0.3) is 0 Å². The number of likely N-dealkylation sites (tertiary alicyclic amines) is 1. The number of hydrogen-bond donors (Lipinski definition) is 1. The first-order chi connectivity index (χ1) is 10.1. The lowest BCUT2D eigenvalue weighted by atomic mass is 9.76. The van der Waals surface area contributed by atoms with E-state index in [0.717, 1.165) is 32.1 Å². The first kappa shape index (κ1) is 17.6. The molecule has 22 heavy (non-hydrogen) atoms. The fraction of sp³-hybridized carbons (Fsp3) is 0.938. The molecule has 0 aromatic carbocycles. The number of rotatable bonds is 3. The molecule has 1 aliphatic carbocycles. The Morgan fingerprint density at radius 2 is 1.64 bits per heavy atom. The number of nitrogens with zero attached hydrogens (tertiary/aromatic N) is 1. The monoisotopic (exact) mass is 321 g/mol. The maximum Gasteiger partial charge on any atom is 0.417 e. The fourth-order valence-corrected chi connectivity index (χ4v) is 4.04. The summed E-state index contributed by atoms with van der Waals surface area (Å²) in [5.41, 5.74) is -3.02. The van der Waals surface area contributed by atoms with Gasteiger partial charge in [0.1, 0.15) is 0 Å². The van der Waals surface area contributed by atoms with Crippen LogP contribution in [0, 0.1) is 11.3 Å². The van der Waals surface area contributed by atoms with Crippen LogP contribution < -0.4 is 0 Å². The third kappa shape index (κ3) is 3.26. The molecule has 1 amide bonds. The summed E-state index contributed by atoms with van der Waals surface area (Å²) in [6.07, 6.45) is -0.956. The van der Waals surface area contributed by atoms with E-state index in [1.54, 1.807) is 4.90 Å². The topological polar surface area (TPSA) is 40.5 Å². The van der Waals surface area contributed by atoms with Gasteiger partial charge < -0.3 is 10.0 Å². The molecule has 0 radical (unpaired) electrons. The minimum Gasteiger partial charge on any atom is -0.380 e. The number of aliphatic hydroxyl groups is 1. The van der Waals surface area contributed by atoms with E-state index in [2.05, 4.69) is 13.8 Å². The summed E-state index contributed by atoms with van der Waals surface area (Å²) in [6, 6.07) is 0. The minimum atomic E-state index is -4.62. The maximum atomic E-state index is 12.9. The largest absolute Gasteiger partial charge is 0.417 e. The molecule has 128 valence electrons. The van der Waals surface area contributed by atoms with Gasteiger partial charge in [-0.25, -0.2) is 0 Å². The van der Waals surface area contributed by atoms with Gasteiger partial charge in [0.15, 0.2) is 5.60 Å². The molecule has 1 saturated heterocycles. The van der Waals surface area contributed by atoms with Crippen molar-refractivity contribution in [1.82, 2.24) is 4.90 Å².